The van der Waals surface area contributed by atoms with Gasteiger partial charge in [-0.1, -0.05) is 48.5 Å². The molecular weight excluding hydrogens is 262 g/mol. The molecule has 0 unspecified atom stereocenters. The number of rotatable bonds is 6. The lowest BCUT2D eigenvalue weighted by atomic mass is 10.1. The number of nitrogens with one attached hydrogen (secondary N) is 1. The van der Waals surface area contributed by atoms with Crippen molar-refractivity contribution >= 4 is 11.0 Å². The van der Waals surface area contributed by atoms with E-state index < -0.39 is 0 Å². The Balaban J connectivity index is 1.77. The average Bonchev–Trinajstić information content (AvgIpc) is 2.87. The largest absolute Gasteiger partial charge is 0.459 e. The second-order valence-corrected chi connectivity index (χ2v) is 5.01. The molecule has 3 nitrogen and oxygen atoms in total. The molecule has 0 aliphatic carbocycles. The molecule has 1 N–H and O–H groups in total. The van der Waals surface area contributed by atoms with E-state index in [0.717, 1.165) is 22.3 Å². The number of hydrogen-bond acceptors (Lipinski definition) is 3. The van der Waals surface area contributed by atoms with Crippen LogP contribution < -0.4 is 5.32 Å². The molecule has 3 rings (SSSR count). The van der Waals surface area contributed by atoms with Crippen LogP contribution in [0.3, 0.4) is 0 Å². The molecule has 0 saturated carbocycles. The van der Waals surface area contributed by atoms with E-state index in [1.807, 2.05) is 43.4 Å². The van der Waals surface area contributed by atoms with Crippen LogP contribution in [0.1, 0.15) is 16.9 Å². The molecule has 3 heteroatoms. The van der Waals surface area contributed by atoms with E-state index >= 15 is 0 Å². The zero-order valence-corrected chi connectivity index (χ0v) is 12.1. The fourth-order valence-corrected chi connectivity index (χ4v) is 2.46. The minimum Gasteiger partial charge on any atom is -0.459 e. The molecule has 0 radical (unpaired) electrons. The first kappa shape index (κ1) is 13.9. The Kier molecular flexibility index (Phi) is 4.34. The fourth-order valence-electron chi connectivity index (χ4n) is 2.46. The normalized spacial score (nSPS) is 11.1. The van der Waals surface area contributed by atoms with Gasteiger partial charge in [-0.3, -0.25) is 0 Å². The Bertz CT molecular complexity index is 704. The van der Waals surface area contributed by atoms with E-state index in [-0.39, 0.29) is 0 Å². The average molecular weight is 281 g/mol. The number of benzene rings is 2. The van der Waals surface area contributed by atoms with Gasteiger partial charge in [0.15, 0.2) is 0 Å². The van der Waals surface area contributed by atoms with Gasteiger partial charge < -0.3 is 14.5 Å². The lowest BCUT2D eigenvalue weighted by Gasteiger charge is -2.05. The van der Waals surface area contributed by atoms with Crippen molar-refractivity contribution in [3.8, 4) is 0 Å². The van der Waals surface area contributed by atoms with Crippen molar-refractivity contribution < 1.29 is 9.15 Å². The molecule has 0 atom stereocenters. The van der Waals surface area contributed by atoms with Gasteiger partial charge >= 0.3 is 0 Å². The molecule has 0 aliphatic heterocycles. The maximum Gasteiger partial charge on any atom is 0.134 e. The summed E-state index contributed by atoms with van der Waals surface area (Å²) in [4.78, 5) is 0. The van der Waals surface area contributed by atoms with Crippen LogP contribution in [0.25, 0.3) is 11.0 Å². The van der Waals surface area contributed by atoms with Crippen LogP contribution in [0.2, 0.25) is 0 Å². The molecule has 108 valence electrons. The number of para-hydroxylation sites is 1. The zero-order valence-electron chi connectivity index (χ0n) is 12.1. The second-order valence-electron chi connectivity index (χ2n) is 5.01. The van der Waals surface area contributed by atoms with Gasteiger partial charge in [0.2, 0.25) is 0 Å². The molecule has 1 heterocycles. The summed E-state index contributed by atoms with van der Waals surface area (Å²) < 4.78 is 11.8. The van der Waals surface area contributed by atoms with E-state index in [2.05, 4.69) is 23.5 Å². The summed E-state index contributed by atoms with van der Waals surface area (Å²) in [5.41, 5.74) is 3.23. The first-order valence-corrected chi connectivity index (χ1v) is 7.14. The maximum atomic E-state index is 5.90. The molecule has 3 aromatic rings. The molecular formula is C18H19NO2. The summed E-state index contributed by atoms with van der Waals surface area (Å²) in [7, 11) is 1.92. The molecule has 1 aromatic heterocycles. The molecule has 2 aromatic carbocycles. The van der Waals surface area contributed by atoms with Crippen molar-refractivity contribution in [1.82, 2.24) is 5.32 Å². The van der Waals surface area contributed by atoms with Crippen LogP contribution in [0.4, 0.5) is 0 Å². The molecule has 0 aliphatic rings. The van der Waals surface area contributed by atoms with Gasteiger partial charge in [0, 0.05) is 10.9 Å². The van der Waals surface area contributed by atoms with E-state index in [0.29, 0.717) is 19.8 Å². The highest BCUT2D eigenvalue weighted by atomic mass is 16.5. The molecule has 21 heavy (non-hydrogen) atoms. The smallest absolute Gasteiger partial charge is 0.134 e. The van der Waals surface area contributed by atoms with E-state index in [1.165, 1.54) is 5.56 Å². The highest BCUT2D eigenvalue weighted by molar-refractivity contribution is 5.82. The molecule has 0 spiro atoms. The summed E-state index contributed by atoms with van der Waals surface area (Å²) in [5.74, 6) is 0.951. The van der Waals surface area contributed by atoms with Crippen LogP contribution in [-0.4, -0.2) is 7.05 Å². The number of ether oxygens (including phenoxy) is 1. The molecule has 0 bridgehead atoms. The summed E-state index contributed by atoms with van der Waals surface area (Å²) in [5, 5.41) is 4.28. The lowest BCUT2D eigenvalue weighted by Crippen LogP contribution is -2.06. The standard InChI is InChI=1S/C18H19NO2/c1-19-11-18-16(15-9-5-6-10-17(15)21-18)13-20-12-14-7-3-2-4-8-14/h2-10,19H,11-13H2,1H3. The zero-order chi connectivity index (χ0) is 14.5. The van der Waals surface area contributed by atoms with Crippen molar-refractivity contribution in [2.24, 2.45) is 0 Å². The van der Waals surface area contributed by atoms with Gasteiger partial charge in [-0.25, -0.2) is 0 Å². The first-order chi connectivity index (χ1) is 10.4. The monoisotopic (exact) mass is 281 g/mol. The van der Waals surface area contributed by atoms with E-state index in [4.69, 9.17) is 9.15 Å². The van der Waals surface area contributed by atoms with E-state index in [1.54, 1.807) is 0 Å². The second kappa shape index (κ2) is 6.57. The predicted molar refractivity (Wildman–Crippen MR) is 83.9 cm³/mol. The van der Waals surface area contributed by atoms with Gasteiger partial charge in [-0.05, 0) is 18.7 Å². The number of fused-ring (bicyclic) bond motifs is 1. The van der Waals surface area contributed by atoms with Crippen LogP contribution in [0, 0.1) is 0 Å². The summed E-state index contributed by atoms with van der Waals surface area (Å²) >= 11 is 0. The SMILES string of the molecule is CNCc1oc2ccccc2c1COCc1ccccc1. The highest BCUT2D eigenvalue weighted by Gasteiger charge is 2.13. The van der Waals surface area contributed by atoms with Crippen molar-refractivity contribution in [3.63, 3.8) is 0 Å². The minimum atomic E-state index is 0.558. The third-order valence-electron chi connectivity index (χ3n) is 3.48. The van der Waals surface area contributed by atoms with Crippen LogP contribution in [0.5, 0.6) is 0 Å². The molecule has 0 saturated heterocycles. The van der Waals surface area contributed by atoms with Crippen molar-refractivity contribution in [3.05, 3.63) is 71.5 Å². The van der Waals surface area contributed by atoms with Gasteiger partial charge in [0.1, 0.15) is 11.3 Å². The summed E-state index contributed by atoms with van der Waals surface area (Å²) in [6.07, 6.45) is 0. The molecule has 0 amide bonds. The maximum absolute atomic E-state index is 5.90. The topological polar surface area (TPSA) is 34.4 Å². The Hall–Kier alpha value is -2.10. The summed E-state index contributed by atoms with van der Waals surface area (Å²) in [6.45, 7) is 1.88. The highest BCUT2D eigenvalue weighted by Crippen LogP contribution is 2.26. The van der Waals surface area contributed by atoms with Crippen LogP contribution in [-0.2, 0) is 24.5 Å². The van der Waals surface area contributed by atoms with Crippen LogP contribution >= 0.6 is 0 Å². The fraction of sp³-hybridized carbons (Fsp3) is 0.222. The quantitative estimate of drug-likeness (QED) is 0.745. The van der Waals surface area contributed by atoms with Crippen molar-refractivity contribution in [2.75, 3.05) is 7.05 Å². The summed E-state index contributed by atoms with van der Waals surface area (Å²) in [6, 6.07) is 18.3. The van der Waals surface area contributed by atoms with Crippen molar-refractivity contribution in [2.45, 2.75) is 19.8 Å². The van der Waals surface area contributed by atoms with Gasteiger partial charge in [0.25, 0.3) is 0 Å². The Morgan fingerprint density at radius 3 is 2.52 bits per heavy atom. The Morgan fingerprint density at radius 2 is 1.71 bits per heavy atom. The van der Waals surface area contributed by atoms with Gasteiger partial charge in [-0.15, -0.1) is 0 Å². The minimum absolute atomic E-state index is 0.558. The Labute approximate surface area is 124 Å². The third-order valence-corrected chi connectivity index (χ3v) is 3.48. The number of furan rings is 1. The van der Waals surface area contributed by atoms with Gasteiger partial charge in [-0.2, -0.15) is 0 Å². The predicted octanol–water partition coefficient (Wildman–Crippen LogP) is 3.87. The van der Waals surface area contributed by atoms with Crippen molar-refractivity contribution in [1.29, 1.82) is 0 Å². The molecule has 0 fully saturated rings. The number of hydrogen-bond donors (Lipinski definition) is 1. The van der Waals surface area contributed by atoms with Gasteiger partial charge in [0.05, 0.1) is 19.8 Å². The van der Waals surface area contributed by atoms with E-state index in [9.17, 15) is 0 Å². The van der Waals surface area contributed by atoms with Crippen LogP contribution in [0.15, 0.2) is 59.0 Å². The lowest BCUT2D eigenvalue weighted by molar-refractivity contribution is 0.106. The third kappa shape index (κ3) is 3.15. The first-order valence-electron chi connectivity index (χ1n) is 7.14. The Morgan fingerprint density at radius 1 is 0.952 bits per heavy atom.